The minimum absolute atomic E-state index is 0.231. The van der Waals surface area contributed by atoms with Gasteiger partial charge in [-0.2, -0.15) is 0 Å². The number of hydroxylamine groups is 3. The van der Waals surface area contributed by atoms with E-state index in [-0.39, 0.29) is 10.6 Å². The van der Waals surface area contributed by atoms with Crippen LogP contribution in [0.15, 0.2) is 0 Å². The lowest BCUT2D eigenvalue weighted by molar-refractivity contribution is -1.04. The molecule has 0 fully saturated rings. The zero-order valence-corrected chi connectivity index (χ0v) is 5.76. The number of nitrogens with zero attached hydrogens (tertiary/aromatic N) is 1. The van der Waals surface area contributed by atoms with Gasteiger partial charge < -0.3 is 0 Å². The van der Waals surface area contributed by atoms with Crippen LogP contribution < -0.4 is 0 Å². The highest BCUT2D eigenvalue weighted by atomic mass is 16.7. The van der Waals surface area contributed by atoms with E-state index < -0.39 is 0 Å². The maximum absolute atomic E-state index is 10.2. The number of hydrogen-bond acceptors (Lipinski definition) is 2. The molecule has 0 aromatic rings. The predicted octanol–water partition coefficient (Wildman–Crippen LogP) is 0.171. The number of carbonyl (C=O) groups excluding carboxylic acids is 1. The van der Waals surface area contributed by atoms with Gasteiger partial charge in [-0.05, 0) is 0 Å². The van der Waals surface area contributed by atoms with Gasteiger partial charge in [0.2, 0.25) is 0 Å². The summed E-state index contributed by atoms with van der Waals surface area (Å²) in [6.45, 7) is 1.39. The van der Waals surface area contributed by atoms with E-state index in [1.54, 1.807) is 21.1 Å². The van der Waals surface area contributed by atoms with Crippen LogP contribution in [0.2, 0.25) is 0 Å². The zero-order chi connectivity index (χ0) is 6.78. The van der Waals surface area contributed by atoms with Crippen molar-refractivity contribution in [3.8, 4) is 0 Å². The lowest BCUT2D eigenvalue weighted by Crippen LogP contribution is -2.36. The molecule has 0 saturated heterocycles. The summed E-state index contributed by atoms with van der Waals surface area (Å²) in [7, 11) is 5.34. The minimum atomic E-state index is -0.252. The SMILES string of the molecule is CC(=O)O[N+](C)(C)C. The largest absolute Gasteiger partial charge is 0.363 e. The van der Waals surface area contributed by atoms with E-state index in [2.05, 4.69) is 0 Å². The first kappa shape index (κ1) is 7.43. The summed E-state index contributed by atoms with van der Waals surface area (Å²) in [6.07, 6.45) is 0. The van der Waals surface area contributed by atoms with Crippen molar-refractivity contribution in [1.82, 2.24) is 0 Å². The van der Waals surface area contributed by atoms with Crippen LogP contribution in [0.4, 0.5) is 0 Å². The van der Waals surface area contributed by atoms with Gasteiger partial charge in [0.15, 0.2) is 0 Å². The number of quaternary nitrogens is 1. The van der Waals surface area contributed by atoms with Gasteiger partial charge in [-0.25, -0.2) is 4.79 Å². The van der Waals surface area contributed by atoms with Gasteiger partial charge in [0.05, 0.1) is 0 Å². The summed E-state index contributed by atoms with van der Waals surface area (Å²) in [5.74, 6) is -0.252. The summed E-state index contributed by atoms with van der Waals surface area (Å²) in [6, 6.07) is 0. The second-order valence-electron chi connectivity index (χ2n) is 2.47. The third-order valence-electron chi connectivity index (χ3n) is 0.402. The summed E-state index contributed by atoms with van der Waals surface area (Å²) in [4.78, 5) is 15.0. The highest BCUT2D eigenvalue weighted by Crippen LogP contribution is 1.90. The quantitative estimate of drug-likeness (QED) is 0.362. The van der Waals surface area contributed by atoms with Gasteiger partial charge in [0, 0.05) is 6.92 Å². The van der Waals surface area contributed by atoms with E-state index in [4.69, 9.17) is 4.84 Å². The standard InChI is InChI=1S/C5H12NO2/c1-5(7)8-6(2,3)4/h1-4H3/q+1. The van der Waals surface area contributed by atoms with E-state index in [0.717, 1.165) is 0 Å². The number of rotatable bonds is 1. The zero-order valence-electron chi connectivity index (χ0n) is 5.76. The Bertz CT molecular complexity index is 93.1. The van der Waals surface area contributed by atoms with Crippen molar-refractivity contribution in [2.24, 2.45) is 0 Å². The Morgan fingerprint density at radius 1 is 1.38 bits per heavy atom. The van der Waals surface area contributed by atoms with Crippen LogP contribution in [0, 0.1) is 0 Å². The molecule has 0 N–H and O–H groups in total. The van der Waals surface area contributed by atoms with Crippen LogP contribution in [-0.2, 0) is 9.63 Å². The molecule has 3 heteroatoms. The Hall–Kier alpha value is -0.570. The monoisotopic (exact) mass is 118 g/mol. The molecule has 0 bridgehead atoms. The van der Waals surface area contributed by atoms with Gasteiger partial charge in [-0.1, -0.05) is 0 Å². The fourth-order valence-corrected chi connectivity index (χ4v) is 0.386. The van der Waals surface area contributed by atoms with Crippen molar-refractivity contribution < 1.29 is 14.3 Å². The van der Waals surface area contributed by atoms with Crippen molar-refractivity contribution in [2.45, 2.75) is 6.92 Å². The Balaban J connectivity index is 3.55. The number of carbonyl (C=O) groups is 1. The first-order chi connectivity index (χ1) is 3.42. The molecule has 48 valence electrons. The Labute approximate surface area is 49.4 Å². The molecule has 3 nitrogen and oxygen atoms in total. The average Bonchev–Trinajstić information content (AvgIpc) is 1.21. The first-order valence-corrected chi connectivity index (χ1v) is 2.43. The Morgan fingerprint density at radius 3 is 1.75 bits per heavy atom. The molecule has 0 spiro atoms. The molecule has 0 aliphatic heterocycles. The molecule has 0 atom stereocenters. The Morgan fingerprint density at radius 2 is 1.75 bits per heavy atom. The van der Waals surface area contributed by atoms with E-state index >= 15 is 0 Å². The summed E-state index contributed by atoms with van der Waals surface area (Å²) >= 11 is 0. The van der Waals surface area contributed by atoms with Gasteiger partial charge in [-0.15, -0.1) is 4.65 Å². The lowest BCUT2D eigenvalue weighted by Gasteiger charge is -2.18. The summed E-state index contributed by atoms with van der Waals surface area (Å²) < 4.78 is 0.231. The topological polar surface area (TPSA) is 26.3 Å². The predicted molar refractivity (Wildman–Crippen MR) is 29.8 cm³/mol. The van der Waals surface area contributed by atoms with E-state index in [9.17, 15) is 4.79 Å². The highest BCUT2D eigenvalue weighted by molar-refractivity contribution is 5.65. The number of hydrogen-bond donors (Lipinski definition) is 0. The van der Waals surface area contributed by atoms with E-state index in [1.807, 2.05) is 0 Å². The highest BCUT2D eigenvalue weighted by Gasteiger charge is 2.09. The molecular formula is C5H12NO2+. The van der Waals surface area contributed by atoms with Crippen LogP contribution >= 0.6 is 0 Å². The fourth-order valence-electron chi connectivity index (χ4n) is 0.386. The second-order valence-corrected chi connectivity index (χ2v) is 2.47. The average molecular weight is 118 g/mol. The van der Waals surface area contributed by atoms with Crippen molar-refractivity contribution in [3.63, 3.8) is 0 Å². The van der Waals surface area contributed by atoms with Gasteiger partial charge in [-0.3, -0.25) is 4.84 Å². The van der Waals surface area contributed by atoms with Gasteiger partial charge in [0.1, 0.15) is 21.1 Å². The molecule has 0 aliphatic carbocycles. The van der Waals surface area contributed by atoms with Crippen LogP contribution in [0.25, 0.3) is 0 Å². The molecule has 0 aromatic heterocycles. The first-order valence-electron chi connectivity index (χ1n) is 2.43. The summed E-state index contributed by atoms with van der Waals surface area (Å²) in [5.41, 5.74) is 0. The second kappa shape index (κ2) is 2.13. The van der Waals surface area contributed by atoms with Crippen LogP contribution in [0.3, 0.4) is 0 Å². The van der Waals surface area contributed by atoms with Crippen molar-refractivity contribution in [2.75, 3.05) is 21.1 Å². The molecule has 0 heterocycles. The third kappa shape index (κ3) is 5.43. The molecule has 0 amide bonds. The third-order valence-corrected chi connectivity index (χ3v) is 0.402. The summed E-state index contributed by atoms with van der Waals surface area (Å²) in [5, 5.41) is 0. The van der Waals surface area contributed by atoms with Crippen molar-refractivity contribution in [3.05, 3.63) is 0 Å². The maximum atomic E-state index is 10.2. The van der Waals surface area contributed by atoms with E-state index in [0.29, 0.717) is 0 Å². The van der Waals surface area contributed by atoms with Gasteiger partial charge >= 0.3 is 5.97 Å². The van der Waals surface area contributed by atoms with Crippen LogP contribution in [0.5, 0.6) is 0 Å². The van der Waals surface area contributed by atoms with E-state index in [1.165, 1.54) is 6.92 Å². The van der Waals surface area contributed by atoms with Crippen molar-refractivity contribution in [1.29, 1.82) is 0 Å². The van der Waals surface area contributed by atoms with Crippen LogP contribution in [-0.4, -0.2) is 31.8 Å². The van der Waals surface area contributed by atoms with Crippen LogP contribution in [0.1, 0.15) is 6.92 Å². The Kier molecular flexibility index (Phi) is 1.98. The maximum Gasteiger partial charge on any atom is 0.363 e. The molecule has 0 rings (SSSR count). The van der Waals surface area contributed by atoms with Gasteiger partial charge in [0.25, 0.3) is 0 Å². The molecule has 0 radical (unpaired) electrons. The normalized spacial score (nSPS) is 11.0. The molecule has 0 unspecified atom stereocenters. The molecule has 0 aliphatic rings. The minimum Gasteiger partial charge on any atom is -0.278 e. The molecule has 8 heavy (non-hydrogen) atoms. The molecule has 0 aromatic carbocycles. The molecule has 0 saturated carbocycles. The lowest BCUT2D eigenvalue weighted by atomic mass is 10.8. The van der Waals surface area contributed by atoms with Crippen molar-refractivity contribution >= 4 is 5.97 Å². The fraction of sp³-hybridized carbons (Fsp3) is 0.800. The smallest absolute Gasteiger partial charge is 0.278 e. The molecular weight excluding hydrogens is 106 g/mol.